The number of anilines is 1. The van der Waals surface area contributed by atoms with Gasteiger partial charge in [0.05, 0.1) is 23.4 Å². The van der Waals surface area contributed by atoms with Crippen molar-refractivity contribution < 1.29 is 18.0 Å². The molecule has 31 heavy (non-hydrogen) atoms. The maximum atomic E-state index is 13.5. The molecule has 2 aromatic carbocycles. The molecule has 2 heterocycles. The zero-order chi connectivity index (χ0) is 22.6. The molecule has 4 rings (SSSR count). The normalized spacial score (nSPS) is 18.9. The van der Waals surface area contributed by atoms with E-state index in [1.807, 2.05) is 28.7 Å². The topological polar surface area (TPSA) is 70.7 Å². The molecule has 2 atom stereocenters. The molecule has 10 heteroatoms. The first-order valence-corrected chi connectivity index (χ1v) is 10.4. The first kappa shape index (κ1) is 21.6. The number of nitriles is 1. The van der Waals surface area contributed by atoms with Crippen molar-refractivity contribution in [3.63, 3.8) is 0 Å². The van der Waals surface area contributed by atoms with Crippen LogP contribution in [0.25, 0.3) is 0 Å². The fourth-order valence-electron chi connectivity index (χ4n) is 3.99. The van der Waals surface area contributed by atoms with E-state index in [4.69, 9.17) is 16.9 Å². The number of carbonyl (C=O) groups excluding carboxylic acids is 1. The van der Waals surface area contributed by atoms with E-state index in [0.29, 0.717) is 20.8 Å². The van der Waals surface area contributed by atoms with Crippen LogP contribution in [0, 0.1) is 15.0 Å². The van der Waals surface area contributed by atoms with Crippen LogP contribution in [-0.2, 0) is 16.5 Å². The minimum Gasteiger partial charge on any atom is -0.294 e. The molecule has 0 radical (unpaired) electrons. The Labute approximate surface area is 194 Å². The van der Waals surface area contributed by atoms with Crippen LogP contribution in [-0.4, -0.2) is 15.5 Å². The van der Waals surface area contributed by atoms with Crippen LogP contribution in [0.2, 0.25) is 5.02 Å². The van der Waals surface area contributed by atoms with E-state index in [9.17, 15) is 18.0 Å². The van der Waals surface area contributed by atoms with Gasteiger partial charge in [0.1, 0.15) is 9.24 Å². The van der Waals surface area contributed by atoms with E-state index in [1.54, 1.807) is 42.0 Å². The van der Waals surface area contributed by atoms with Crippen molar-refractivity contribution in [2.45, 2.75) is 24.6 Å². The van der Waals surface area contributed by atoms with Crippen molar-refractivity contribution >= 4 is 46.0 Å². The lowest BCUT2D eigenvalue weighted by Gasteiger charge is -2.35. The summed E-state index contributed by atoms with van der Waals surface area (Å²) in [4.78, 5) is 17.3. The van der Waals surface area contributed by atoms with Gasteiger partial charge >= 0.3 is 6.18 Å². The summed E-state index contributed by atoms with van der Waals surface area (Å²) in [5.41, 5.74) is -1.06. The van der Waals surface area contributed by atoms with Crippen molar-refractivity contribution in [1.82, 2.24) is 9.55 Å². The summed E-state index contributed by atoms with van der Waals surface area (Å²) in [5.74, 6) is -0.936. The standard InChI is InChI=1S/C21H13ClF3IN4O/c1-20(18(31)29-19-28-10-16(26)30(19)20)17(12-4-2-11(9-27)3-5-12)13-6-14(21(23,24)25)8-15(22)7-13/h2-8,10,17H,1H3,(H,28,29,31)/t17?,20-/m1/s1. The Morgan fingerprint density at radius 2 is 1.90 bits per heavy atom. The molecular weight excluding hydrogens is 544 g/mol. The highest BCUT2D eigenvalue weighted by atomic mass is 127. The summed E-state index contributed by atoms with van der Waals surface area (Å²) in [7, 11) is 0. The molecule has 0 saturated carbocycles. The van der Waals surface area contributed by atoms with Crippen molar-refractivity contribution in [3.8, 4) is 6.07 Å². The number of amides is 1. The molecule has 1 amide bonds. The second kappa shape index (κ2) is 7.53. The number of benzene rings is 2. The number of hydrogen-bond donors (Lipinski definition) is 1. The minimum atomic E-state index is -4.61. The first-order chi connectivity index (χ1) is 14.6. The second-order valence-corrected chi connectivity index (χ2v) is 8.82. The first-order valence-electron chi connectivity index (χ1n) is 8.98. The molecule has 1 aliphatic rings. The quantitative estimate of drug-likeness (QED) is 0.431. The average Bonchev–Trinajstić information content (AvgIpc) is 3.19. The fourth-order valence-corrected chi connectivity index (χ4v) is 5.10. The van der Waals surface area contributed by atoms with Gasteiger partial charge < -0.3 is 0 Å². The Kier molecular flexibility index (Phi) is 5.26. The number of rotatable bonds is 3. The van der Waals surface area contributed by atoms with Gasteiger partial charge in [-0.05, 0) is 71.0 Å². The van der Waals surface area contributed by atoms with Crippen LogP contribution in [0.15, 0.2) is 48.7 Å². The van der Waals surface area contributed by atoms with Crippen molar-refractivity contribution in [1.29, 1.82) is 5.26 Å². The third-order valence-corrected chi connectivity index (χ3v) is 6.36. The van der Waals surface area contributed by atoms with Gasteiger partial charge in [-0.3, -0.25) is 14.7 Å². The monoisotopic (exact) mass is 556 g/mol. The Morgan fingerprint density at radius 1 is 1.23 bits per heavy atom. The van der Waals surface area contributed by atoms with Gasteiger partial charge in [-0.1, -0.05) is 23.7 Å². The lowest BCUT2D eigenvalue weighted by Crippen LogP contribution is -2.43. The SMILES string of the molecule is C[C@@]1(C(c2ccc(C#N)cc2)c2cc(Cl)cc(C(F)(F)F)c2)C(=O)Nc2ncc(I)n21. The summed E-state index contributed by atoms with van der Waals surface area (Å²) in [5, 5.41) is 11.7. The highest BCUT2D eigenvalue weighted by Crippen LogP contribution is 2.47. The highest BCUT2D eigenvalue weighted by Gasteiger charge is 2.51. The van der Waals surface area contributed by atoms with E-state index < -0.39 is 29.1 Å². The van der Waals surface area contributed by atoms with E-state index >= 15 is 0 Å². The van der Waals surface area contributed by atoms with E-state index in [0.717, 1.165) is 12.1 Å². The fraction of sp³-hybridized carbons (Fsp3) is 0.190. The number of aromatic nitrogens is 2. The molecule has 5 nitrogen and oxygen atoms in total. The lowest BCUT2D eigenvalue weighted by atomic mass is 9.75. The molecule has 0 bridgehead atoms. The molecule has 0 saturated heterocycles. The summed E-state index contributed by atoms with van der Waals surface area (Å²) < 4.78 is 42.9. The van der Waals surface area contributed by atoms with Crippen LogP contribution in [0.5, 0.6) is 0 Å². The van der Waals surface area contributed by atoms with Crippen LogP contribution >= 0.6 is 34.2 Å². The Hall–Kier alpha value is -2.58. The van der Waals surface area contributed by atoms with Gasteiger partial charge in [0.15, 0.2) is 0 Å². The largest absolute Gasteiger partial charge is 0.416 e. The number of imidazole rings is 1. The molecule has 0 aliphatic carbocycles. The number of hydrogen-bond acceptors (Lipinski definition) is 3. The summed E-state index contributed by atoms with van der Waals surface area (Å²) >= 11 is 8.10. The average molecular weight is 557 g/mol. The minimum absolute atomic E-state index is 0.0916. The van der Waals surface area contributed by atoms with Crippen LogP contribution in [0.1, 0.15) is 35.1 Å². The van der Waals surface area contributed by atoms with E-state index in [1.165, 1.54) is 6.07 Å². The molecule has 3 aromatic rings. The van der Waals surface area contributed by atoms with Gasteiger partial charge in [-0.25, -0.2) is 4.98 Å². The smallest absolute Gasteiger partial charge is 0.294 e. The Morgan fingerprint density at radius 3 is 2.52 bits per heavy atom. The summed E-state index contributed by atoms with van der Waals surface area (Å²) in [6.07, 6.45) is -3.04. The maximum Gasteiger partial charge on any atom is 0.416 e. The number of nitrogens with one attached hydrogen (secondary N) is 1. The summed E-state index contributed by atoms with van der Waals surface area (Å²) in [6.45, 7) is 1.65. The molecule has 1 N–H and O–H groups in total. The second-order valence-electron chi connectivity index (χ2n) is 7.28. The van der Waals surface area contributed by atoms with Gasteiger partial charge in [-0.2, -0.15) is 18.4 Å². The molecular formula is C21H13ClF3IN4O. The third kappa shape index (κ3) is 3.57. The Bertz CT molecular complexity index is 1230. The number of fused-ring (bicyclic) bond motifs is 1. The number of nitrogens with zero attached hydrogens (tertiary/aromatic N) is 3. The van der Waals surface area contributed by atoms with Crippen LogP contribution in [0.3, 0.4) is 0 Å². The van der Waals surface area contributed by atoms with E-state index in [-0.39, 0.29) is 10.6 Å². The molecule has 1 aromatic heterocycles. The number of halogens is 5. The van der Waals surface area contributed by atoms with Crippen LogP contribution in [0.4, 0.5) is 19.1 Å². The Balaban J connectivity index is 2.00. The predicted molar refractivity (Wildman–Crippen MR) is 117 cm³/mol. The third-order valence-electron chi connectivity index (χ3n) is 5.38. The van der Waals surface area contributed by atoms with Crippen LogP contribution < -0.4 is 5.32 Å². The summed E-state index contributed by atoms with van der Waals surface area (Å²) in [6, 6.07) is 11.7. The number of carbonyl (C=O) groups is 1. The maximum absolute atomic E-state index is 13.5. The van der Waals surface area contributed by atoms with Gasteiger partial charge in [0.25, 0.3) is 5.91 Å². The highest BCUT2D eigenvalue weighted by molar-refractivity contribution is 14.1. The molecule has 1 aliphatic heterocycles. The lowest BCUT2D eigenvalue weighted by molar-refractivity contribution is -0.137. The van der Waals surface area contributed by atoms with Crippen molar-refractivity contribution in [2.24, 2.45) is 0 Å². The van der Waals surface area contributed by atoms with Gasteiger partial charge in [-0.15, -0.1) is 0 Å². The molecule has 0 fully saturated rings. The molecule has 1 unspecified atom stereocenters. The van der Waals surface area contributed by atoms with Crippen molar-refractivity contribution in [2.75, 3.05) is 5.32 Å². The zero-order valence-corrected chi connectivity index (χ0v) is 18.7. The van der Waals surface area contributed by atoms with E-state index in [2.05, 4.69) is 10.3 Å². The van der Waals surface area contributed by atoms with Gasteiger partial charge in [0, 0.05) is 10.9 Å². The molecule has 0 spiro atoms. The number of alkyl halides is 3. The zero-order valence-electron chi connectivity index (χ0n) is 15.8. The molecule has 158 valence electrons. The van der Waals surface area contributed by atoms with Gasteiger partial charge in [0.2, 0.25) is 5.95 Å². The predicted octanol–water partition coefficient (Wildman–Crippen LogP) is 5.53. The van der Waals surface area contributed by atoms with Crippen molar-refractivity contribution in [3.05, 3.63) is 79.6 Å².